The number of rotatable bonds is 1. The molecule has 2 rings (SSSR count). The normalized spacial score (nSPS) is 9.25. The molecule has 0 bridgehead atoms. The molecule has 0 aliphatic heterocycles. The van der Waals surface area contributed by atoms with Crippen LogP contribution in [0, 0.1) is 12.3 Å². The molecule has 0 saturated carbocycles. The number of hydrogen-bond acceptors (Lipinski definition) is 2. The fourth-order valence-corrected chi connectivity index (χ4v) is 1.40. The van der Waals surface area contributed by atoms with E-state index < -0.39 is 0 Å². The van der Waals surface area contributed by atoms with Crippen molar-refractivity contribution in [2.45, 2.75) is 6.92 Å². The predicted octanol–water partition coefficient (Wildman–Crippen LogP) is -1.04. The van der Waals surface area contributed by atoms with Gasteiger partial charge in [0.1, 0.15) is 0 Å². The minimum absolute atomic E-state index is 0. The van der Waals surface area contributed by atoms with E-state index in [1.807, 2.05) is 0 Å². The van der Waals surface area contributed by atoms with Crippen LogP contribution < -0.4 is 18.0 Å². The van der Waals surface area contributed by atoms with Crippen molar-refractivity contribution in [2.24, 2.45) is 0 Å². The number of nitrogens with one attached hydrogen (secondary N) is 1. The van der Waals surface area contributed by atoms with Crippen molar-refractivity contribution in [1.29, 1.82) is 5.39 Å². The average molecular weight is 237 g/mol. The Labute approximate surface area is 97.7 Å². The summed E-state index contributed by atoms with van der Waals surface area (Å²) in [6.07, 6.45) is 0. The Balaban J connectivity index is 0.00000128. The third-order valence-electron chi connectivity index (χ3n) is 2.05. The highest BCUT2D eigenvalue weighted by atomic mass is 35.5. The molecule has 0 aliphatic rings. The van der Waals surface area contributed by atoms with Crippen LogP contribution in [0.1, 0.15) is 5.69 Å². The van der Waals surface area contributed by atoms with Crippen LogP contribution >= 0.6 is 0 Å². The SMILES string of the molecule is Cc1cc(=O)n(-c2cccc([N+]#N)c2)[nH]1.[Cl-]. The van der Waals surface area contributed by atoms with Gasteiger partial charge in [-0.3, -0.25) is 9.89 Å². The number of aromatic amines is 1. The number of halogens is 1. The zero-order valence-corrected chi connectivity index (χ0v) is 9.27. The van der Waals surface area contributed by atoms with E-state index in [1.54, 1.807) is 31.2 Å². The van der Waals surface area contributed by atoms with Crippen molar-refractivity contribution in [3.8, 4) is 5.69 Å². The number of aromatic nitrogens is 2. The molecule has 6 heteroatoms. The molecular weight excluding hydrogens is 228 g/mol. The Morgan fingerprint density at radius 3 is 2.69 bits per heavy atom. The summed E-state index contributed by atoms with van der Waals surface area (Å²) in [7, 11) is 0. The molecule has 0 radical (unpaired) electrons. The van der Waals surface area contributed by atoms with Crippen LogP contribution in [0.15, 0.2) is 35.1 Å². The van der Waals surface area contributed by atoms with Crippen LogP contribution in [0.2, 0.25) is 0 Å². The predicted molar refractivity (Wildman–Crippen MR) is 55.9 cm³/mol. The Morgan fingerprint density at radius 2 is 2.12 bits per heavy atom. The van der Waals surface area contributed by atoms with Gasteiger partial charge in [0.25, 0.3) is 5.56 Å². The highest BCUT2D eigenvalue weighted by Crippen LogP contribution is 2.15. The Morgan fingerprint density at radius 1 is 1.38 bits per heavy atom. The van der Waals surface area contributed by atoms with Crippen molar-refractivity contribution >= 4 is 5.69 Å². The van der Waals surface area contributed by atoms with E-state index in [2.05, 4.69) is 10.1 Å². The first kappa shape index (κ1) is 12.0. The lowest BCUT2D eigenvalue weighted by Crippen LogP contribution is -3.00. The lowest BCUT2D eigenvalue weighted by molar-refractivity contribution is -0.00000347. The van der Waals surface area contributed by atoms with E-state index in [0.717, 1.165) is 5.69 Å². The largest absolute Gasteiger partial charge is 1.00 e. The summed E-state index contributed by atoms with van der Waals surface area (Å²) >= 11 is 0. The molecule has 0 aliphatic carbocycles. The minimum Gasteiger partial charge on any atom is -1.00 e. The van der Waals surface area contributed by atoms with Crippen LogP contribution in [-0.2, 0) is 0 Å². The third kappa shape index (κ3) is 2.12. The molecule has 0 saturated heterocycles. The van der Waals surface area contributed by atoms with E-state index in [1.165, 1.54) is 10.7 Å². The molecule has 0 amide bonds. The standard InChI is InChI=1S/C10H8N4O.ClH/c1-7-5-10(15)14(13-7)9-4-2-3-8(6-9)12-11;/h2-6H,1H3;1H. The van der Waals surface area contributed by atoms with Crippen molar-refractivity contribution in [3.05, 3.63) is 51.4 Å². The van der Waals surface area contributed by atoms with Gasteiger partial charge in [-0.1, -0.05) is 6.07 Å². The number of benzene rings is 1. The number of H-pyrrole nitrogens is 1. The van der Waals surface area contributed by atoms with Gasteiger partial charge in [-0.25, -0.2) is 4.68 Å². The zero-order chi connectivity index (χ0) is 10.8. The minimum atomic E-state index is -0.136. The fraction of sp³-hybridized carbons (Fsp3) is 0.100. The van der Waals surface area contributed by atoms with Gasteiger partial charge in [0, 0.05) is 17.8 Å². The molecule has 16 heavy (non-hydrogen) atoms. The maximum atomic E-state index is 11.5. The molecule has 0 fully saturated rings. The molecule has 82 valence electrons. The number of diazo groups is 1. The van der Waals surface area contributed by atoms with Crippen LogP contribution in [0.5, 0.6) is 0 Å². The number of nitrogens with zero attached hydrogens (tertiary/aromatic N) is 3. The van der Waals surface area contributed by atoms with Crippen LogP contribution in [0.3, 0.4) is 0 Å². The van der Waals surface area contributed by atoms with Gasteiger partial charge in [-0.15, -0.1) is 0 Å². The second-order valence-corrected chi connectivity index (χ2v) is 3.23. The van der Waals surface area contributed by atoms with Gasteiger partial charge in [0.2, 0.25) is 5.39 Å². The van der Waals surface area contributed by atoms with Gasteiger partial charge >= 0.3 is 5.69 Å². The van der Waals surface area contributed by atoms with Crippen molar-refractivity contribution in [2.75, 3.05) is 0 Å². The second kappa shape index (κ2) is 4.64. The van der Waals surface area contributed by atoms with Gasteiger partial charge in [-0.2, -0.15) is 0 Å². The molecule has 1 heterocycles. The van der Waals surface area contributed by atoms with Crippen molar-refractivity contribution < 1.29 is 12.4 Å². The molecule has 5 nitrogen and oxygen atoms in total. The zero-order valence-electron chi connectivity index (χ0n) is 8.51. The summed E-state index contributed by atoms with van der Waals surface area (Å²) in [6.45, 7) is 1.80. The quantitative estimate of drug-likeness (QED) is 0.643. The van der Waals surface area contributed by atoms with Gasteiger partial charge in [-0.05, 0) is 13.0 Å². The molecule has 1 aromatic heterocycles. The van der Waals surface area contributed by atoms with Crippen LogP contribution in [0.4, 0.5) is 5.69 Å². The maximum Gasteiger partial charge on any atom is 0.387 e. The van der Waals surface area contributed by atoms with Crippen molar-refractivity contribution in [1.82, 2.24) is 9.78 Å². The summed E-state index contributed by atoms with van der Waals surface area (Å²) < 4.78 is 1.39. The Bertz CT molecular complexity index is 593. The van der Waals surface area contributed by atoms with Crippen LogP contribution in [0.25, 0.3) is 10.7 Å². The highest BCUT2D eigenvalue weighted by molar-refractivity contribution is 5.50. The average Bonchev–Trinajstić information content (AvgIpc) is 2.58. The van der Waals surface area contributed by atoms with E-state index in [9.17, 15) is 4.79 Å². The first-order valence-corrected chi connectivity index (χ1v) is 4.45. The van der Waals surface area contributed by atoms with Gasteiger partial charge in [0.15, 0.2) is 4.98 Å². The molecule has 1 N–H and O–H groups in total. The summed E-state index contributed by atoms with van der Waals surface area (Å²) in [5.74, 6) is 0. The number of hydrogen-bond donors (Lipinski definition) is 1. The molecule has 0 unspecified atom stereocenters. The van der Waals surface area contributed by atoms with Gasteiger partial charge in [0.05, 0.1) is 11.8 Å². The van der Waals surface area contributed by atoms with Crippen molar-refractivity contribution in [3.63, 3.8) is 0 Å². The molecular formula is C10H9ClN4O. The molecule has 0 spiro atoms. The van der Waals surface area contributed by atoms with E-state index in [0.29, 0.717) is 11.4 Å². The first-order chi connectivity index (χ1) is 7.20. The van der Waals surface area contributed by atoms with Gasteiger partial charge < -0.3 is 12.4 Å². The van der Waals surface area contributed by atoms with Crippen LogP contribution in [-0.4, -0.2) is 9.78 Å². The number of aryl methyl sites for hydroxylation is 1. The smallest absolute Gasteiger partial charge is 0.387 e. The lowest BCUT2D eigenvalue weighted by atomic mass is 10.3. The maximum absolute atomic E-state index is 11.5. The van der Waals surface area contributed by atoms with E-state index in [4.69, 9.17) is 5.39 Å². The molecule has 0 atom stereocenters. The molecule has 2 aromatic rings. The second-order valence-electron chi connectivity index (χ2n) is 3.23. The van der Waals surface area contributed by atoms with E-state index >= 15 is 0 Å². The van der Waals surface area contributed by atoms with E-state index in [-0.39, 0.29) is 18.0 Å². The third-order valence-corrected chi connectivity index (χ3v) is 2.05. The fourth-order valence-electron chi connectivity index (χ4n) is 1.40. The first-order valence-electron chi connectivity index (χ1n) is 4.45. The Hall–Kier alpha value is -2.06. The highest BCUT2D eigenvalue weighted by Gasteiger charge is 2.08. The summed E-state index contributed by atoms with van der Waals surface area (Å²) in [4.78, 5) is 14.5. The monoisotopic (exact) mass is 236 g/mol. The summed E-state index contributed by atoms with van der Waals surface area (Å²) in [6, 6.07) is 8.23. The Kier molecular flexibility index (Phi) is 3.48. The molecule has 1 aromatic carbocycles. The lowest BCUT2D eigenvalue weighted by Gasteiger charge is -1.98. The summed E-state index contributed by atoms with van der Waals surface area (Å²) in [5, 5.41) is 11.5. The topological polar surface area (TPSA) is 65.9 Å². The summed E-state index contributed by atoms with van der Waals surface area (Å²) in [5.41, 5.74) is 1.70.